The Kier molecular flexibility index (Phi) is 22.2. The molecule has 14 unspecified atom stereocenters. The summed E-state index contributed by atoms with van der Waals surface area (Å²) in [4.78, 5) is 25.0. The average Bonchev–Trinajstić information content (AvgIpc) is 3.21. The van der Waals surface area contributed by atoms with E-state index in [1.54, 1.807) is 20.8 Å². The van der Waals surface area contributed by atoms with E-state index in [0.717, 1.165) is 0 Å². The highest BCUT2D eigenvalue weighted by Crippen LogP contribution is 2.38. The fraction of sp³-hybridized carbons (Fsp3) is 0.660. The molecule has 65 heavy (non-hydrogen) atoms. The van der Waals surface area contributed by atoms with Gasteiger partial charge in [0.1, 0.15) is 24.2 Å². The molecule has 0 aromatic carbocycles. The van der Waals surface area contributed by atoms with Crippen molar-refractivity contribution < 1.29 is 84.7 Å². The van der Waals surface area contributed by atoms with E-state index in [9.17, 15) is 65.8 Å². The molecule has 0 saturated carbocycles. The number of rotatable bonds is 3. The number of hydrogen-bond acceptors (Lipinski definition) is 17. The van der Waals surface area contributed by atoms with Crippen LogP contribution in [0.2, 0.25) is 0 Å². The van der Waals surface area contributed by atoms with Crippen LogP contribution in [0, 0.1) is 101 Å². The molecule has 13 N–H and O–H groups in total. The standard InChI is InChI=1S/C47H59NO17/c1-27-17-15-13-11-9-7-5-6-8-10-12-14-16-18-34(64-46-44(58)41(48)43(57)30(4)63-46)24-38-40(45(59)60)37(54)26-47(61,65-38)25-33(51)22-36(53)35(52)20-19-31(49)21-32(50)23-39(55)62-29(3)28(2)42(27)56/h27-38,40-44,46,49-54,56-58,61H,19-26,48H2,1-4H3,(H,59,60)/t27?,28?,29?,30-,31?,32?,33?,34?,35?,36?,37?,38?,40?,41+,42?,43-,44+,46+,47?/m1/s1. The minimum absolute atomic E-state index is 0.138. The zero-order valence-corrected chi connectivity index (χ0v) is 36.5. The van der Waals surface area contributed by atoms with E-state index in [1.807, 2.05) is 0 Å². The predicted molar refractivity (Wildman–Crippen MR) is 227 cm³/mol. The molecule has 19 atom stereocenters. The number of aliphatic hydroxyl groups excluding tert-OH is 9. The zero-order chi connectivity index (χ0) is 48.4. The predicted octanol–water partition coefficient (Wildman–Crippen LogP) is -3.16. The highest BCUT2D eigenvalue weighted by molar-refractivity contribution is 5.71. The van der Waals surface area contributed by atoms with Crippen molar-refractivity contribution in [3.8, 4) is 82.9 Å². The summed E-state index contributed by atoms with van der Waals surface area (Å²) < 4.78 is 22.7. The first kappa shape index (κ1) is 54.6. The molecule has 2 fully saturated rings. The fourth-order valence-corrected chi connectivity index (χ4v) is 7.37. The quantitative estimate of drug-likeness (QED) is 0.0983. The van der Waals surface area contributed by atoms with Crippen LogP contribution in [0.5, 0.6) is 0 Å². The molecule has 0 aromatic heterocycles. The molecule has 2 bridgehead atoms. The van der Waals surface area contributed by atoms with Crippen molar-refractivity contribution in [2.24, 2.45) is 23.5 Å². The van der Waals surface area contributed by atoms with Crippen LogP contribution in [-0.2, 0) is 28.5 Å². The summed E-state index contributed by atoms with van der Waals surface area (Å²) >= 11 is 0. The number of ether oxygens (including phenoxy) is 4. The third-order valence-electron chi connectivity index (χ3n) is 11.2. The lowest BCUT2D eigenvalue weighted by Gasteiger charge is -2.45. The minimum Gasteiger partial charge on any atom is -0.481 e. The second-order valence-electron chi connectivity index (χ2n) is 16.5. The van der Waals surface area contributed by atoms with E-state index < -0.39 is 159 Å². The van der Waals surface area contributed by atoms with Crippen LogP contribution in [0.25, 0.3) is 0 Å². The van der Waals surface area contributed by atoms with E-state index in [0.29, 0.717) is 0 Å². The molecule has 0 aromatic rings. The van der Waals surface area contributed by atoms with Gasteiger partial charge in [-0.25, -0.2) is 0 Å². The first-order chi connectivity index (χ1) is 30.6. The van der Waals surface area contributed by atoms with Crippen LogP contribution in [0.15, 0.2) is 0 Å². The second kappa shape index (κ2) is 26.4. The number of esters is 1. The van der Waals surface area contributed by atoms with Crippen molar-refractivity contribution in [2.45, 2.75) is 177 Å². The molecule has 0 amide bonds. The summed E-state index contributed by atoms with van der Waals surface area (Å²) in [6.07, 6.45) is -22.5. The fourth-order valence-electron chi connectivity index (χ4n) is 7.37. The van der Waals surface area contributed by atoms with E-state index in [1.165, 1.54) is 6.92 Å². The normalized spacial score (nSPS) is 40.3. The van der Waals surface area contributed by atoms with Gasteiger partial charge in [0.15, 0.2) is 12.1 Å². The molecule has 0 radical (unpaired) electrons. The summed E-state index contributed by atoms with van der Waals surface area (Å²) in [7, 11) is 0. The minimum atomic E-state index is -2.39. The summed E-state index contributed by atoms with van der Waals surface area (Å²) in [6, 6.07) is -1.21. The van der Waals surface area contributed by atoms with Crippen LogP contribution in [0.4, 0.5) is 0 Å². The van der Waals surface area contributed by atoms with Gasteiger partial charge in [0, 0.05) is 37.5 Å². The number of carboxylic acids is 1. The maximum absolute atomic E-state index is 12.6. The first-order valence-electron chi connectivity index (χ1n) is 21.1. The number of cyclic esters (lactones) is 1. The Labute approximate surface area is 378 Å². The van der Waals surface area contributed by atoms with Crippen molar-refractivity contribution in [2.75, 3.05) is 0 Å². The smallest absolute Gasteiger partial charge is 0.311 e. The molecule has 3 rings (SSSR count). The Morgan fingerprint density at radius 1 is 0.662 bits per heavy atom. The van der Waals surface area contributed by atoms with Gasteiger partial charge in [0.25, 0.3) is 0 Å². The molecule has 3 aliphatic rings. The number of carbonyl (C=O) groups excluding carboxylic acids is 1. The maximum atomic E-state index is 12.6. The first-order valence-corrected chi connectivity index (χ1v) is 21.1. The molecule has 2 saturated heterocycles. The van der Waals surface area contributed by atoms with Gasteiger partial charge in [-0.15, -0.1) is 0 Å². The number of carbonyl (C=O) groups is 2. The van der Waals surface area contributed by atoms with E-state index in [-0.39, 0.29) is 19.3 Å². The Hall–Kier alpha value is -4.70. The molecule has 3 heterocycles. The number of aliphatic hydroxyl groups is 10. The summed E-state index contributed by atoms with van der Waals surface area (Å²) in [5.74, 6) is 27.7. The van der Waals surface area contributed by atoms with Crippen molar-refractivity contribution in [3.63, 3.8) is 0 Å². The third kappa shape index (κ3) is 17.9. The number of carboxylic acid groups (broad SMARTS) is 1. The van der Waals surface area contributed by atoms with E-state index in [2.05, 4.69) is 82.9 Å². The molecule has 18 heteroatoms. The van der Waals surface area contributed by atoms with Crippen molar-refractivity contribution in [1.82, 2.24) is 0 Å². The van der Waals surface area contributed by atoms with Crippen LogP contribution >= 0.6 is 0 Å². The Balaban J connectivity index is 1.92. The largest absolute Gasteiger partial charge is 0.481 e. The van der Waals surface area contributed by atoms with Gasteiger partial charge >= 0.3 is 11.9 Å². The second-order valence-corrected chi connectivity index (χ2v) is 16.5. The zero-order valence-electron chi connectivity index (χ0n) is 36.5. The van der Waals surface area contributed by atoms with Gasteiger partial charge in [-0.05, 0) is 111 Å². The van der Waals surface area contributed by atoms with Crippen molar-refractivity contribution in [3.05, 3.63) is 0 Å². The van der Waals surface area contributed by atoms with Gasteiger partial charge in [-0.1, -0.05) is 18.8 Å². The molecule has 0 aliphatic carbocycles. The lowest BCUT2D eigenvalue weighted by atomic mass is 9.82. The number of nitrogens with two attached hydrogens (primary N) is 1. The lowest BCUT2D eigenvalue weighted by Crippen LogP contribution is -2.61. The van der Waals surface area contributed by atoms with Gasteiger partial charge in [-0.2, -0.15) is 0 Å². The highest BCUT2D eigenvalue weighted by atomic mass is 16.7. The Morgan fingerprint density at radius 3 is 1.82 bits per heavy atom. The van der Waals surface area contributed by atoms with Gasteiger partial charge in [0.05, 0.1) is 73.5 Å². The Bertz CT molecular complexity index is 2070. The molecular formula is C47H59NO17. The topological polar surface area (TPSA) is 320 Å². The molecule has 3 aliphatic heterocycles. The van der Waals surface area contributed by atoms with Crippen LogP contribution < -0.4 is 5.73 Å². The molecule has 0 spiro atoms. The molecular weight excluding hydrogens is 851 g/mol. The number of aliphatic carboxylic acids is 1. The van der Waals surface area contributed by atoms with Crippen LogP contribution in [0.3, 0.4) is 0 Å². The maximum Gasteiger partial charge on any atom is 0.311 e. The summed E-state index contributed by atoms with van der Waals surface area (Å²) in [6.45, 7) is 6.37. The lowest BCUT2D eigenvalue weighted by molar-refractivity contribution is -0.308. The van der Waals surface area contributed by atoms with Gasteiger partial charge in [-0.3, -0.25) is 9.59 Å². The van der Waals surface area contributed by atoms with Crippen molar-refractivity contribution >= 4 is 11.9 Å². The van der Waals surface area contributed by atoms with Crippen molar-refractivity contribution in [1.29, 1.82) is 0 Å². The number of fused-ring (bicyclic) bond motifs is 2. The third-order valence-corrected chi connectivity index (χ3v) is 11.2. The van der Waals surface area contributed by atoms with Crippen LogP contribution in [0.1, 0.15) is 79.1 Å². The monoisotopic (exact) mass is 909 g/mol. The van der Waals surface area contributed by atoms with Gasteiger partial charge < -0.3 is 80.9 Å². The van der Waals surface area contributed by atoms with E-state index in [4.69, 9.17) is 24.7 Å². The average molecular weight is 910 g/mol. The summed E-state index contributed by atoms with van der Waals surface area (Å²) in [5, 5.41) is 118. The summed E-state index contributed by atoms with van der Waals surface area (Å²) in [5.41, 5.74) is 5.96. The Morgan fingerprint density at radius 2 is 1.23 bits per heavy atom. The molecule has 18 nitrogen and oxygen atoms in total. The van der Waals surface area contributed by atoms with Crippen LogP contribution in [-0.4, -0.2) is 166 Å². The highest BCUT2D eigenvalue weighted by Gasteiger charge is 2.51. The number of hydrogen-bond donors (Lipinski definition) is 12. The SMILES string of the molecule is CC1C#CC#CC#CC#CC#CC#CC#CC(O[C@@H]2O[C@H](C)[C@@H](O)[C@H](N)[C@@H]2O)CC2OC(O)(CC(O)CC(O)C(O)CCC(O)CC(O)CC(=O)OC(C)C(C)C1O)CC(O)C2C(=O)O. The van der Waals surface area contributed by atoms with Gasteiger partial charge in [0.2, 0.25) is 0 Å². The molecule has 354 valence electrons. The van der Waals surface area contributed by atoms with E-state index >= 15 is 0 Å².